The molecular formula is C9H5N5O4. The SMILES string of the molecule is N#CC(C(N)=O)c1ccc([N+](=O)[O-])c2nonc12. The number of fused-ring (bicyclic) bond motifs is 1. The van der Waals surface area contributed by atoms with Gasteiger partial charge >= 0.3 is 5.69 Å². The summed E-state index contributed by atoms with van der Waals surface area (Å²) in [5.74, 6) is -2.14. The molecule has 2 rings (SSSR count). The van der Waals surface area contributed by atoms with Crippen molar-refractivity contribution in [3.63, 3.8) is 0 Å². The van der Waals surface area contributed by atoms with E-state index in [1.54, 1.807) is 6.07 Å². The van der Waals surface area contributed by atoms with Crippen molar-refractivity contribution < 1.29 is 14.3 Å². The predicted octanol–water partition coefficient (Wildman–Crippen LogP) is 0.223. The highest BCUT2D eigenvalue weighted by atomic mass is 16.6. The molecule has 1 atom stereocenters. The first-order valence-corrected chi connectivity index (χ1v) is 4.64. The van der Waals surface area contributed by atoms with Crippen molar-refractivity contribution >= 4 is 22.6 Å². The number of carbonyl (C=O) groups is 1. The highest BCUT2D eigenvalue weighted by Gasteiger charge is 2.26. The first kappa shape index (κ1) is 11.5. The van der Waals surface area contributed by atoms with Crippen molar-refractivity contribution in [1.82, 2.24) is 10.3 Å². The van der Waals surface area contributed by atoms with Crippen molar-refractivity contribution in [1.29, 1.82) is 5.26 Å². The number of hydrogen-bond donors (Lipinski definition) is 1. The molecule has 9 heteroatoms. The van der Waals surface area contributed by atoms with Gasteiger partial charge in [-0.25, -0.2) is 4.63 Å². The summed E-state index contributed by atoms with van der Waals surface area (Å²) in [6.45, 7) is 0. The Morgan fingerprint density at radius 3 is 2.72 bits per heavy atom. The van der Waals surface area contributed by atoms with Crippen LogP contribution in [-0.4, -0.2) is 21.1 Å². The number of rotatable bonds is 3. The second-order valence-corrected chi connectivity index (χ2v) is 3.36. The van der Waals surface area contributed by atoms with Crippen LogP contribution in [-0.2, 0) is 4.79 Å². The van der Waals surface area contributed by atoms with Crippen LogP contribution >= 0.6 is 0 Å². The molecule has 0 aliphatic rings. The third-order valence-electron chi connectivity index (χ3n) is 2.35. The second kappa shape index (κ2) is 4.10. The zero-order chi connectivity index (χ0) is 13.3. The molecule has 0 radical (unpaired) electrons. The van der Waals surface area contributed by atoms with Gasteiger partial charge in [0.05, 0.1) is 11.0 Å². The summed E-state index contributed by atoms with van der Waals surface area (Å²) in [4.78, 5) is 21.2. The summed E-state index contributed by atoms with van der Waals surface area (Å²) in [5, 5.41) is 26.4. The Balaban J connectivity index is 2.73. The Labute approximate surface area is 98.9 Å². The number of aromatic nitrogens is 2. The van der Waals surface area contributed by atoms with Crippen LogP contribution in [0.4, 0.5) is 5.69 Å². The summed E-state index contributed by atoms with van der Waals surface area (Å²) in [7, 11) is 0. The van der Waals surface area contributed by atoms with Crippen molar-refractivity contribution in [2.24, 2.45) is 5.73 Å². The maximum Gasteiger partial charge on any atom is 0.300 e. The van der Waals surface area contributed by atoms with E-state index in [-0.39, 0.29) is 22.3 Å². The van der Waals surface area contributed by atoms with Crippen LogP contribution in [0.5, 0.6) is 0 Å². The van der Waals surface area contributed by atoms with Gasteiger partial charge in [-0.1, -0.05) is 0 Å². The van der Waals surface area contributed by atoms with Crippen LogP contribution in [0.15, 0.2) is 16.8 Å². The number of amides is 1. The molecule has 0 saturated heterocycles. The second-order valence-electron chi connectivity index (χ2n) is 3.36. The highest BCUT2D eigenvalue weighted by Crippen LogP contribution is 2.29. The van der Waals surface area contributed by atoms with E-state index in [0.717, 1.165) is 6.07 Å². The quantitative estimate of drug-likeness (QED) is 0.602. The monoisotopic (exact) mass is 247 g/mol. The highest BCUT2D eigenvalue weighted by molar-refractivity contribution is 5.93. The maximum atomic E-state index is 11.1. The zero-order valence-corrected chi connectivity index (χ0v) is 8.73. The third kappa shape index (κ3) is 1.61. The number of hydrogen-bond acceptors (Lipinski definition) is 7. The van der Waals surface area contributed by atoms with E-state index < -0.39 is 16.7 Å². The molecular weight excluding hydrogens is 242 g/mol. The minimum atomic E-state index is -1.26. The summed E-state index contributed by atoms with van der Waals surface area (Å²) in [6.07, 6.45) is 0. The van der Waals surface area contributed by atoms with Crippen LogP contribution in [0.3, 0.4) is 0 Å². The van der Waals surface area contributed by atoms with E-state index in [2.05, 4.69) is 14.9 Å². The van der Waals surface area contributed by atoms with E-state index in [9.17, 15) is 14.9 Å². The molecule has 1 amide bonds. The Kier molecular flexibility index (Phi) is 2.61. The average Bonchev–Trinajstić information content (AvgIpc) is 2.78. The molecule has 0 fully saturated rings. The molecule has 2 aromatic rings. The first-order chi connectivity index (χ1) is 8.56. The minimum absolute atomic E-state index is 0.0189. The van der Waals surface area contributed by atoms with Crippen LogP contribution in [0.1, 0.15) is 11.5 Å². The smallest absolute Gasteiger partial charge is 0.300 e. The number of non-ortho nitro benzene ring substituents is 1. The minimum Gasteiger partial charge on any atom is -0.368 e. The van der Waals surface area contributed by atoms with Gasteiger partial charge in [-0.05, 0) is 16.4 Å². The van der Waals surface area contributed by atoms with Crippen LogP contribution in [0, 0.1) is 21.4 Å². The summed E-state index contributed by atoms with van der Waals surface area (Å²) >= 11 is 0. The van der Waals surface area contributed by atoms with Crippen LogP contribution in [0.25, 0.3) is 11.0 Å². The van der Waals surface area contributed by atoms with E-state index in [1.807, 2.05) is 0 Å². The van der Waals surface area contributed by atoms with Crippen molar-refractivity contribution in [3.05, 3.63) is 27.8 Å². The number of nitrogens with two attached hydrogens (primary N) is 1. The van der Waals surface area contributed by atoms with Gasteiger partial charge in [-0.2, -0.15) is 5.26 Å². The van der Waals surface area contributed by atoms with Gasteiger partial charge < -0.3 is 5.73 Å². The Hall–Kier alpha value is -3.02. The van der Waals surface area contributed by atoms with E-state index in [0.29, 0.717) is 0 Å². The fourth-order valence-electron chi connectivity index (χ4n) is 1.54. The molecule has 0 bridgehead atoms. The normalized spacial score (nSPS) is 11.9. The van der Waals surface area contributed by atoms with Gasteiger partial charge in [0.1, 0.15) is 5.52 Å². The number of nitriles is 1. The maximum absolute atomic E-state index is 11.1. The average molecular weight is 247 g/mol. The molecule has 0 aliphatic carbocycles. The zero-order valence-electron chi connectivity index (χ0n) is 8.73. The largest absolute Gasteiger partial charge is 0.368 e. The number of nitro benzene ring substituents is 1. The van der Waals surface area contributed by atoms with Gasteiger partial charge in [-0.3, -0.25) is 14.9 Å². The standard InChI is InChI=1S/C9H5N5O4/c10-3-5(9(11)15)4-1-2-6(14(16)17)8-7(4)12-18-13-8/h1-2,5H,(H2,11,15). The molecule has 1 aromatic carbocycles. The number of nitrogens with zero attached hydrogens (tertiary/aromatic N) is 4. The number of carbonyl (C=O) groups excluding carboxylic acids is 1. The van der Waals surface area contributed by atoms with Crippen LogP contribution in [0.2, 0.25) is 0 Å². The summed E-state index contributed by atoms with van der Waals surface area (Å²) in [6, 6.07) is 4.05. The topological polar surface area (TPSA) is 149 Å². The molecule has 0 spiro atoms. The molecule has 2 N–H and O–H groups in total. The summed E-state index contributed by atoms with van der Waals surface area (Å²) < 4.78 is 4.40. The van der Waals surface area contributed by atoms with Crippen molar-refractivity contribution in [2.75, 3.05) is 0 Å². The fourth-order valence-corrected chi connectivity index (χ4v) is 1.54. The van der Waals surface area contributed by atoms with Crippen molar-refractivity contribution in [3.8, 4) is 6.07 Å². The van der Waals surface area contributed by atoms with Gasteiger partial charge in [0.15, 0.2) is 5.92 Å². The Morgan fingerprint density at radius 1 is 1.50 bits per heavy atom. The Morgan fingerprint density at radius 2 is 2.17 bits per heavy atom. The molecule has 1 aromatic heterocycles. The first-order valence-electron chi connectivity index (χ1n) is 4.64. The lowest BCUT2D eigenvalue weighted by Crippen LogP contribution is -2.20. The lowest BCUT2D eigenvalue weighted by molar-refractivity contribution is -0.383. The van der Waals surface area contributed by atoms with E-state index in [4.69, 9.17) is 11.0 Å². The lowest BCUT2D eigenvalue weighted by atomic mass is 9.98. The van der Waals surface area contributed by atoms with Gasteiger partial charge in [0, 0.05) is 11.6 Å². The lowest BCUT2D eigenvalue weighted by Gasteiger charge is -2.04. The molecule has 1 unspecified atom stereocenters. The molecule has 18 heavy (non-hydrogen) atoms. The van der Waals surface area contributed by atoms with Crippen molar-refractivity contribution in [2.45, 2.75) is 5.92 Å². The number of nitro groups is 1. The molecule has 0 saturated carbocycles. The predicted molar refractivity (Wildman–Crippen MR) is 56.0 cm³/mol. The number of primary amides is 1. The fraction of sp³-hybridized carbons (Fsp3) is 0.111. The number of benzene rings is 1. The molecule has 1 heterocycles. The van der Waals surface area contributed by atoms with Gasteiger partial charge in [0.25, 0.3) is 0 Å². The van der Waals surface area contributed by atoms with E-state index >= 15 is 0 Å². The molecule has 0 aliphatic heterocycles. The summed E-state index contributed by atoms with van der Waals surface area (Å²) in [5.41, 5.74) is 4.73. The van der Waals surface area contributed by atoms with Crippen LogP contribution < -0.4 is 5.73 Å². The van der Waals surface area contributed by atoms with Gasteiger partial charge in [0.2, 0.25) is 11.4 Å². The van der Waals surface area contributed by atoms with Gasteiger partial charge in [-0.15, -0.1) is 0 Å². The molecule has 9 nitrogen and oxygen atoms in total. The molecule has 90 valence electrons. The third-order valence-corrected chi connectivity index (χ3v) is 2.35. The van der Waals surface area contributed by atoms with E-state index in [1.165, 1.54) is 6.07 Å². The Bertz CT molecular complexity index is 686.